The van der Waals surface area contributed by atoms with Crippen molar-refractivity contribution in [3.63, 3.8) is 0 Å². The molecule has 0 aliphatic heterocycles. The molecular weight excluding hydrogens is 346 g/mol. The molecule has 28 heavy (non-hydrogen) atoms. The van der Waals surface area contributed by atoms with Gasteiger partial charge in [0.05, 0.1) is 11.7 Å². The average Bonchev–Trinajstić information content (AvgIpc) is 3.26. The van der Waals surface area contributed by atoms with E-state index in [1.165, 1.54) is 23.1 Å². The van der Waals surface area contributed by atoms with Gasteiger partial charge in [-0.05, 0) is 91.4 Å². The number of hydrogen-bond donors (Lipinski definition) is 2. The number of aliphatic hydroxyl groups is 2. The molecule has 1 aromatic heterocycles. The zero-order chi connectivity index (χ0) is 19.1. The normalized spacial score (nSPS) is 49.0. The maximum Gasteiger partial charge on any atom is 0.0899 e. The number of fused-ring (bicyclic) bond motifs is 4. The van der Waals surface area contributed by atoms with Crippen molar-refractivity contribution in [2.45, 2.75) is 70.0 Å². The van der Waals surface area contributed by atoms with Gasteiger partial charge < -0.3 is 10.2 Å². The number of pyridine rings is 1. The predicted molar refractivity (Wildman–Crippen MR) is 109 cm³/mol. The largest absolute Gasteiger partial charge is 0.393 e. The number of allylic oxidation sites excluding steroid dienone is 3. The Morgan fingerprint density at radius 1 is 1.14 bits per heavy atom. The summed E-state index contributed by atoms with van der Waals surface area (Å²) in [6.07, 6.45) is 16.7. The van der Waals surface area contributed by atoms with E-state index >= 15 is 0 Å². The van der Waals surface area contributed by atoms with E-state index in [0.29, 0.717) is 17.3 Å². The minimum Gasteiger partial charge on any atom is -0.393 e. The molecule has 3 nitrogen and oxygen atoms in total. The smallest absolute Gasteiger partial charge is 0.0899 e. The van der Waals surface area contributed by atoms with Crippen LogP contribution in [0, 0.1) is 28.6 Å². The van der Waals surface area contributed by atoms with E-state index in [9.17, 15) is 10.2 Å². The van der Waals surface area contributed by atoms with Crippen LogP contribution >= 0.6 is 0 Å². The van der Waals surface area contributed by atoms with E-state index in [-0.39, 0.29) is 17.4 Å². The number of hydrogen-bond acceptors (Lipinski definition) is 3. The van der Waals surface area contributed by atoms with Gasteiger partial charge in [-0.2, -0.15) is 0 Å². The molecule has 0 saturated heterocycles. The summed E-state index contributed by atoms with van der Waals surface area (Å²) < 4.78 is 0. The summed E-state index contributed by atoms with van der Waals surface area (Å²) in [6.45, 7) is 2.36. The number of nitrogens with zero attached hydrogens (tertiary/aromatic N) is 1. The lowest BCUT2D eigenvalue weighted by molar-refractivity contribution is -0.0389. The number of aromatic nitrogens is 1. The maximum atomic E-state index is 12.2. The lowest BCUT2D eigenvalue weighted by atomic mass is 9.58. The highest BCUT2D eigenvalue weighted by atomic mass is 16.3. The van der Waals surface area contributed by atoms with E-state index in [0.717, 1.165) is 44.9 Å². The van der Waals surface area contributed by atoms with Gasteiger partial charge in [-0.3, -0.25) is 4.98 Å². The Morgan fingerprint density at radius 3 is 2.86 bits per heavy atom. The van der Waals surface area contributed by atoms with Crippen molar-refractivity contribution in [1.82, 2.24) is 4.98 Å². The molecule has 1 aromatic rings. The second-order valence-corrected chi connectivity index (χ2v) is 10.5. The SMILES string of the molecule is CC12CC=C3C4CC45CC(O)CCC5CC[C@]3(O)C1CC=C2c1cccnc1. The zero-order valence-corrected chi connectivity index (χ0v) is 16.8. The van der Waals surface area contributed by atoms with Crippen molar-refractivity contribution in [3.05, 3.63) is 47.8 Å². The van der Waals surface area contributed by atoms with Gasteiger partial charge >= 0.3 is 0 Å². The van der Waals surface area contributed by atoms with Crippen LogP contribution in [0.3, 0.4) is 0 Å². The highest BCUT2D eigenvalue weighted by Gasteiger charge is 2.68. The molecule has 5 aliphatic rings. The Kier molecular flexibility index (Phi) is 3.47. The van der Waals surface area contributed by atoms with E-state index in [1.807, 2.05) is 18.5 Å². The number of rotatable bonds is 1. The first kappa shape index (κ1) is 17.4. The maximum absolute atomic E-state index is 12.2. The van der Waals surface area contributed by atoms with Crippen LogP contribution in [-0.4, -0.2) is 26.9 Å². The lowest BCUT2D eigenvalue weighted by Gasteiger charge is -2.49. The molecular formula is C25H31NO2. The third-order valence-electron chi connectivity index (χ3n) is 9.38. The Labute approximate surface area is 167 Å². The Morgan fingerprint density at radius 2 is 2.04 bits per heavy atom. The molecule has 3 fully saturated rings. The van der Waals surface area contributed by atoms with Crippen LogP contribution in [-0.2, 0) is 0 Å². The predicted octanol–water partition coefficient (Wildman–Crippen LogP) is 4.51. The summed E-state index contributed by atoms with van der Waals surface area (Å²) in [7, 11) is 0. The summed E-state index contributed by atoms with van der Waals surface area (Å²) in [4.78, 5) is 4.34. The van der Waals surface area contributed by atoms with Crippen LogP contribution in [0.1, 0.15) is 63.9 Å². The molecule has 1 spiro atoms. The van der Waals surface area contributed by atoms with Gasteiger partial charge in [-0.25, -0.2) is 0 Å². The molecule has 3 saturated carbocycles. The molecule has 1 heterocycles. The fourth-order valence-corrected chi connectivity index (χ4v) is 7.96. The van der Waals surface area contributed by atoms with Gasteiger partial charge in [0.15, 0.2) is 0 Å². The quantitative estimate of drug-likeness (QED) is 0.708. The van der Waals surface area contributed by atoms with Crippen LogP contribution < -0.4 is 0 Å². The van der Waals surface area contributed by atoms with E-state index in [2.05, 4.69) is 30.1 Å². The third kappa shape index (κ3) is 2.10. The fourth-order valence-electron chi connectivity index (χ4n) is 7.96. The van der Waals surface area contributed by atoms with Gasteiger partial charge in [-0.15, -0.1) is 0 Å². The van der Waals surface area contributed by atoms with Gasteiger partial charge in [-0.1, -0.05) is 25.1 Å². The van der Waals surface area contributed by atoms with Crippen LogP contribution in [0.4, 0.5) is 0 Å². The van der Waals surface area contributed by atoms with Gasteiger partial charge in [0, 0.05) is 23.7 Å². The topological polar surface area (TPSA) is 53.4 Å². The molecule has 6 rings (SSSR count). The molecule has 2 N–H and O–H groups in total. The molecule has 3 heteroatoms. The van der Waals surface area contributed by atoms with E-state index in [1.54, 1.807) is 0 Å². The summed E-state index contributed by atoms with van der Waals surface area (Å²) >= 11 is 0. The molecule has 0 aromatic carbocycles. The van der Waals surface area contributed by atoms with Crippen molar-refractivity contribution < 1.29 is 10.2 Å². The summed E-state index contributed by atoms with van der Waals surface area (Å²) in [6, 6.07) is 4.18. The molecule has 0 bridgehead atoms. The first-order valence-electron chi connectivity index (χ1n) is 11.2. The summed E-state index contributed by atoms with van der Waals surface area (Å²) in [5, 5.41) is 22.5. The molecule has 148 valence electrons. The van der Waals surface area contributed by atoms with Gasteiger partial charge in [0.1, 0.15) is 0 Å². The van der Waals surface area contributed by atoms with Crippen molar-refractivity contribution in [1.29, 1.82) is 0 Å². The summed E-state index contributed by atoms with van der Waals surface area (Å²) in [5.41, 5.74) is 3.52. The summed E-state index contributed by atoms with van der Waals surface area (Å²) in [5.74, 6) is 1.46. The molecule has 0 radical (unpaired) electrons. The van der Waals surface area contributed by atoms with E-state index in [4.69, 9.17) is 0 Å². The minimum atomic E-state index is -0.677. The highest BCUT2D eigenvalue weighted by Crippen LogP contribution is 2.74. The van der Waals surface area contributed by atoms with Crippen molar-refractivity contribution in [2.75, 3.05) is 0 Å². The van der Waals surface area contributed by atoms with E-state index < -0.39 is 5.60 Å². The Balaban J connectivity index is 1.39. The minimum absolute atomic E-state index is 0.0155. The fraction of sp³-hybridized carbons (Fsp3) is 0.640. The molecule has 0 amide bonds. The molecule has 5 aliphatic carbocycles. The second kappa shape index (κ2) is 5.58. The van der Waals surface area contributed by atoms with Crippen LogP contribution in [0.2, 0.25) is 0 Å². The van der Waals surface area contributed by atoms with Crippen LogP contribution in [0.15, 0.2) is 42.3 Å². The number of aliphatic hydroxyl groups excluding tert-OH is 1. The van der Waals surface area contributed by atoms with Gasteiger partial charge in [0.25, 0.3) is 0 Å². The monoisotopic (exact) mass is 377 g/mol. The third-order valence-corrected chi connectivity index (χ3v) is 9.38. The highest BCUT2D eigenvalue weighted by molar-refractivity contribution is 5.73. The Hall–Kier alpha value is -1.45. The average molecular weight is 378 g/mol. The molecule has 7 atom stereocenters. The first-order valence-corrected chi connectivity index (χ1v) is 11.2. The second-order valence-electron chi connectivity index (χ2n) is 10.5. The lowest BCUT2D eigenvalue weighted by Crippen LogP contribution is -2.49. The van der Waals surface area contributed by atoms with Crippen LogP contribution in [0.25, 0.3) is 5.57 Å². The van der Waals surface area contributed by atoms with Crippen molar-refractivity contribution in [3.8, 4) is 0 Å². The van der Waals surface area contributed by atoms with Gasteiger partial charge in [0.2, 0.25) is 0 Å². The Bertz CT molecular complexity index is 876. The zero-order valence-electron chi connectivity index (χ0n) is 16.8. The van der Waals surface area contributed by atoms with Crippen molar-refractivity contribution in [2.24, 2.45) is 28.6 Å². The first-order chi connectivity index (χ1) is 13.5. The molecule has 6 unspecified atom stereocenters. The standard InChI is InChI=1S/C25H31NO2/c1-23-10-9-20-21-14-24(21)13-18(27)5-4-17(24)8-11-25(20,28)22(23)7-6-19(23)16-3-2-12-26-15-16/h2-3,6,9,12,15,17-18,21-22,27-28H,4-5,7-8,10-11,13-14H2,1H3/t17?,18?,21?,22?,23?,24?,25-/m1/s1. The van der Waals surface area contributed by atoms with Crippen LogP contribution in [0.5, 0.6) is 0 Å². The van der Waals surface area contributed by atoms with Crippen molar-refractivity contribution >= 4 is 5.57 Å².